The third-order valence-electron chi connectivity index (χ3n) is 4.11. The van der Waals surface area contributed by atoms with Gasteiger partial charge >= 0.3 is 0 Å². The van der Waals surface area contributed by atoms with Gasteiger partial charge < -0.3 is 11.1 Å². The fourth-order valence-electron chi connectivity index (χ4n) is 3.27. The SMILES string of the molecule is CSCCCNC(=O)C1C2CCC(C2)C1N.Cl. The van der Waals surface area contributed by atoms with E-state index in [1.807, 2.05) is 11.8 Å². The Kier molecular flexibility index (Phi) is 6.10. The van der Waals surface area contributed by atoms with Crippen molar-refractivity contribution in [2.45, 2.75) is 31.7 Å². The number of hydrogen-bond donors (Lipinski definition) is 2. The smallest absolute Gasteiger partial charge is 0.224 e. The van der Waals surface area contributed by atoms with Crippen molar-refractivity contribution in [3.05, 3.63) is 0 Å². The second-order valence-electron chi connectivity index (χ2n) is 5.07. The third kappa shape index (κ3) is 3.30. The molecule has 0 aromatic rings. The summed E-state index contributed by atoms with van der Waals surface area (Å²) in [5.74, 6) is 2.62. The van der Waals surface area contributed by atoms with Gasteiger partial charge in [0.2, 0.25) is 5.91 Å². The van der Waals surface area contributed by atoms with Gasteiger partial charge in [-0.3, -0.25) is 4.79 Å². The molecule has 17 heavy (non-hydrogen) atoms. The van der Waals surface area contributed by atoms with Gasteiger partial charge in [-0.25, -0.2) is 0 Å². The van der Waals surface area contributed by atoms with Gasteiger partial charge in [-0.15, -0.1) is 12.4 Å². The first-order valence-corrected chi connectivity index (χ1v) is 7.65. The molecular weight excluding hydrogens is 256 g/mol. The Labute approximate surface area is 114 Å². The first kappa shape index (κ1) is 15.1. The lowest BCUT2D eigenvalue weighted by Crippen LogP contribution is -2.45. The lowest BCUT2D eigenvalue weighted by atomic mass is 9.84. The Morgan fingerprint density at radius 2 is 2.12 bits per heavy atom. The molecule has 3 nitrogen and oxygen atoms in total. The van der Waals surface area contributed by atoms with Crippen molar-refractivity contribution in [2.75, 3.05) is 18.6 Å². The Balaban J connectivity index is 0.00000144. The first-order chi connectivity index (χ1) is 7.74. The second-order valence-corrected chi connectivity index (χ2v) is 6.06. The molecule has 0 aromatic carbocycles. The summed E-state index contributed by atoms with van der Waals surface area (Å²) in [5.41, 5.74) is 6.13. The van der Waals surface area contributed by atoms with Crippen molar-refractivity contribution in [3.8, 4) is 0 Å². The van der Waals surface area contributed by atoms with E-state index in [-0.39, 0.29) is 30.3 Å². The molecule has 2 bridgehead atoms. The normalized spacial score (nSPS) is 34.5. The summed E-state index contributed by atoms with van der Waals surface area (Å²) in [5, 5.41) is 3.04. The molecule has 0 spiro atoms. The monoisotopic (exact) mass is 278 g/mol. The minimum Gasteiger partial charge on any atom is -0.356 e. The summed E-state index contributed by atoms with van der Waals surface area (Å²) in [6, 6.07) is 0.124. The van der Waals surface area contributed by atoms with Crippen LogP contribution in [-0.2, 0) is 4.79 Å². The predicted molar refractivity (Wildman–Crippen MR) is 75.6 cm³/mol. The molecule has 2 rings (SSSR count). The highest BCUT2D eigenvalue weighted by atomic mass is 35.5. The van der Waals surface area contributed by atoms with Gasteiger partial charge in [-0.2, -0.15) is 11.8 Å². The van der Waals surface area contributed by atoms with Crippen LogP contribution in [0.25, 0.3) is 0 Å². The Hall–Kier alpha value is 0.0700. The molecule has 5 heteroatoms. The molecule has 0 aromatic heterocycles. The lowest BCUT2D eigenvalue weighted by Gasteiger charge is -2.26. The maximum atomic E-state index is 12.0. The van der Waals surface area contributed by atoms with Gasteiger partial charge in [0.15, 0.2) is 0 Å². The number of hydrogen-bond acceptors (Lipinski definition) is 3. The fraction of sp³-hybridized carbons (Fsp3) is 0.917. The van der Waals surface area contributed by atoms with Crippen LogP contribution in [0.4, 0.5) is 0 Å². The van der Waals surface area contributed by atoms with Crippen LogP contribution < -0.4 is 11.1 Å². The summed E-state index contributed by atoms with van der Waals surface area (Å²) in [6.07, 6.45) is 6.78. The van der Waals surface area contributed by atoms with Crippen LogP contribution in [-0.4, -0.2) is 30.5 Å². The zero-order valence-electron chi connectivity index (χ0n) is 10.4. The Bertz CT molecular complexity index is 263. The molecule has 2 aliphatic carbocycles. The number of nitrogens with two attached hydrogens (primary N) is 1. The van der Waals surface area contributed by atoms with Crippen molar-refractivity contribution < 1.29 is 4.79 Å². The number of rotatable bonds is 5. The molecule has 0 aliphatic heterocycles. The number of carbonyl (C=O) groups is 1. The van der Waals surface area contributed by atoms with E-state index in [9.17, 15) is 4.79 Å². The molecule has 2 aliphatic rings. The van der Waals surface area contributed by atoms with Crippen LogP contribution in [0, 0.1) is 17.8 Å². The van der Waals surface area contributed by atoms with Gasteiger partial charge in [-0.05, 0) is 49.5 Å². The van der Waals surface area contributed by atoms with Gasteiger partial charge in [0, 0.05) is 12.6 Å². The maximum absolute atomic E-state index is 12.0. The van der Waals surface area contributed by atoms with E-state index in [4.69, 9.17) is 5.73 Å². The van der Waals surface area contributed by atoms with Crippen LogP contribution >= 0.6 is 24.2 Å². The Morgan fingerprint density at radius 3 is 2.71 bits per heavy atom. The van der Waals surface area contributed by atoms with Crippen LogP contribution in [0.15, 0.2) is 0 Å². The van der Waals surface area contributed by atoms with Gasteiger partial charge in [-0.1, -0.05) is 0 Å². The molecule has 2 saturated carbocycles. The van der Waals surface area contributed by atoms with E-state index in [0.29, 0.717) is 11.8 Å². The van der Waals surface area contributed by atoms with Crippen molar-refractivity contribution in [2.24, 2.45) is 23.5 Å². The first-order valence-electron chi connectivity index (χ1n) is 6.26. The molecule has 100 valence electrons. The largest absolute Gasteiger partial charge is 0.356 e. The van der Waals surface area contributed by atoms with E-state index in [1.165, 1.54) is 19.3 Å². The quantitative estimate of drug-likeness (QED) is 0.752. The van der Waals surface area contributed by atoms with Gasteiger partial charge in [0.25, 0.3) is 0 Å². The summed E-state index contributed by atoms with van der Waals surface area (Å²) < 4.78 is 0. The summed E-state index contributed by atoms with van der Waals surface area (Å²) in [4.78, 5) is 12.0. The molecule has 4 unspecified atom stereocenters. The summed E-state index contributed by atoms with van der Waals surface area (Å²) in [7, 11) is 0. The third-order valence-corrected chi connectivity index (χ3v) is 4.80. The van der Waals surface area contributed by atoms with Gasteiger partial charge in [0.05, 0.1) is 5.92 Å². The van der Waals surface area contributed by atoms with Crippen LogP contribution in [0.1, 0.15) is 25.7 Å². The topological polar surface area (TPSA) is 55.1 Å². The summed E-state index contributed by atoms with van der Waals surface area (Å²) in [6.45, 7) is 0.806. The zero-order valence-corrected chi connectivity index (χ0v) is 12.0. The molecular formula is C12H23ClN2OS. The van der Waals surface area contributed by atoms with Gasteiger partial charge in [0.1, 0.15) is 0 Å². The Morgan fingerprint density at radius 1 is 1.41 bits per heavy atom. The second kappa shape index (κ2) is 6.86. The summed E-state index contributed by atoms with van der Waals surface area (Å²) >= 11 is 1.82. The van der Waals surface area contributed by atoms with Crippen molar-refractivity contribution in [3.63, 3.8) is 0 Å². The highest BCUT2D eigenvalue weighted by Crippen LogP contribution is 2.47. The molecule has 1 amide bonds. The molecule has 0 radical (unpaired) electrons. The molecule has 4 atom stereocenters. The van der Waals surface area contributed by atoms with Crippen LogP contribution in [0.2, 0.25) is 0 Å². The predicted octanol–water partition coefficient (Wildman–Crippen LogP) is 1.65. The number of halogens is 1. The lowest BCUT2D eigenvalue weighted by molar-refractivity contribution is -0.127. The van der Waals surface area contributed by atoms with Crippen molar-refractivity contribution >= 4 is 30.1 Å². The average molecular weight is 279 g/mol. The van der Waals surface area contributed by atoms with E-state index < -0.39 is 0 Å². The van der Waals surface area contributed by atoms with Crippen molar-refractivity contribution in [1.82, 2.24) is 5.32 Å². The van der Waals surface area contributed by atoms with E-state index in [1.54, 1.807) is 0 Å². The highest BCUT2D eigenvalue weighted by molar-refractivity contribution is 7.98. The van der Waals surface area contributed by atoms with Crippen LogP contribution in [0.5, 0.6) is 0 Å². The highest BCUT2D eigenvalue weighted by Gasteiger charge is 2.48. The molecule has 0 heterocycles. The molecule has 0 saturated heterocycles. The zero-order chi connectivity index (χ0) is 11.5. The number of carbonyl (C=O) groups excluding carboxylic acids is 1. The minimum absolute atomic E-state index is 0. The average Bonchev–Trinajstić information content (AvgIpc) is 2.84. The van der Waals surface area contributed by atoms with E-state index in [2.05, 4.69) is 11.6 Å². The number of fused-ring (bicyclic) bond motifs is 2. The number of thioether (sulfide) groups is 1. The standard InChI is InChI=1S/C12H22N2OS.ClH/c1-16-6-2-5-14-12(15)10-8-3-4-9(7-8)11(10)13;/h8-11H,2-7,13H2,1H3,(H,14,15);1H. The van der Waals surface area contributed by atoms with Crippen LogP contribution in [0.3, 0.4) is 0 Å². The van der Waals surface area contributed by atoms with Crippen molar-refractivity contribution in [1.29, 1.82) is 0 Å². The number of nitrogens with one attached hydrogen (secondary N) is 1. The molecule has 2 fully saturated rings. The van der Waals surface area contributed by atoms with E-state index >= 15 is 0 Å². The number of amides is 1. The minimum atomic E-state index is 0. The van der Waals surface area contributed by atoms with E-state index in [0.717, 1.165) is 18.7 Å². The molecule has 3 N–H and O–H groups in total. The fourth-order valence-corrected chi connectivity index (χ4v) is 3.70. The maximum Gasteiger partial charge on any atom is 0.224 e.